The van der Waals surface area contributed by atoms with Crippen LogP contribution in [0, 0.1) is 5.92 Å². The van der Waals surface area contributed by atoms with Gasteiger partial charge >= 0.3 is 0 Å². The molecule has 1 N–H and O–H groups in total. The molecular weight excluding hydrogens is 254 g/mol. The average Bonchev–Trinajstić information content (AvgIpc) is 2.42. The lowest BCUT2D eigenvalue weighted by Gasteiger charge is -2.35. The Kier molecular flexibility index (Phi) is 5.40. The molecule has 0 aromatic heterocycles. The highest BCUT2D eigenvalue weighted by Gasteiger charge is 2.34. The number of hydrogen-bond acceptors (Lipinski definition) is 3. The normalized spacial score (nSPS) is 25.1. The Morgan fingerprint density at radius 3 is 2.55 bits per heavy atom. The van der Waals surface area contributed by atoms with Gasteiger partial charge in [-0.25, -0.2) is 0 Å². The topological polar surface area (TPSA) is 52.6 Å². The average molecular weight is 281 g/mol. The zero-order valence-corrected chi connectivity index (χ0v) is 12.7. The van der Waals surface area contributed by atoms with Gasteiger partial charge in [-0.1, -0.05) is 32.1 Å². The molecule has 0 radical (unpaired) electrons. The lowest BCUT2D eigenvalue weighted by molar-refractivity contribution is -0.145. The van der Waals surface area contributed by atoms with Crippen LogP contribution in [0.1, 0.15) is 38.5 Å². The minimum Gasteiger partial charge on any atom is -0.343 e. The summed E-state index contributed by atoms with van der Waals surface area (Å²) in [5.41, 5.74) is 0. The van der Waals surface area contributed by atoms with Gasteiger partial charge in [-0.3, -0.25) is 9.59 Å². The molecule has 1 saturated heterocycles. The van der Waals surface area contributed by atoms with Crippen molar-refractivity contribution in [2.45, 2.75) is 44.6 Å². The highest BCUT2D eigenvalue weighted by atomic mass is 16.2. The highest BCUT2D eigenvalue weighted by molar-refractivity contribution is 5.94. The summed E-state index contributed by atoms with van der Waals surface area (Å²) in [6.07, 6.45) is 7.09. The quantitative estimate of drug-likeness (QED) is 0.812. The molecule has 2 amide bonds. The maximum Gasteiger partial charge on any atom is 0.245 e. The van der Waals surface area contributed by atoms with E-state index >= 15 is 0 Å². The van der Waals surface area contributed by atoms with Crippen molar-refractivity contribution >= 4 is 11.8 Å². The number of carbonyl (C=O) groups excluding carboxylic acids is 2. The molecule has 20 heavy (non-hydrogen) atoms. The molecular formula is C15H27N3O2. The maximum atomic E-state index is 12.4. The van der Waals surface area contributed by atoms with Gasteiger partial charge in [0.1, 0.15) is 6.04 Å². The smallest absolute Gasteiger partial charge is 0.245 e. The van der Waals surface area contributed by atoms with Crippen molar-refractivity contribution in [2.75, 3.05) is 33.7 Å². The summed E-state index contributed by atoms with van der Waals surface area (Å²) in [5, 5.41) is 2.89. The number of likely N-dealkylation sites (N-methyl/N-ethyl adjacent to an activating group) is 1. The molecule has 0 spiro atoms. The van der Waals surface area contributed by atoms with E-state index in [1.807, 2.05) is 19.0 Å². The minimum atomic E-state index is -0.290. The van der Waals surface area contributed by atoms with Crippen molar-refractivity contribution in [3.05, 3.63) is 0 Å². The third kappa shape index (κ3) is 4.20. The van der Waals surface area contributed by atoms with Crippen molar-refractivity contribution in [3.63, 3.8) is 0 Å². The Bertz CT molecular complexity index is 351. The van der Waals surface area contributed by atoms with Crippen molar-refractivity contribution in [2.24, 2.45) is 5.92 Å². The number of carbonyl (C=O) groups is 2. The van der Waals surface area contributed by atoms with Gasteiger partial charge in [0, 0.05) is 13.1 Å². The number of piperazine rings is 1. The Balaban J connectivity index is 1.90. The molecule has 1 heterocycles. The standard InChI is InChI=1S/C15H27N3O2/c1-17(2)8-9-18-11-14(19)16-13(15(18)20)10-12-6-4-3-5-7-12/h12-13H,3-11H2,1-2H3,(H,16,19)/t13-/m0/s1. The Morgan fingerprint density at radius 2 is 1.90 bits per heavy atom. The van der Waals surface area contributed by atoms with Gasteiger partial charge in [0.2, 0.25) is 11.8 Å². The number of rotatable bonds is 5. The van der Waals surface area contributed by atoms with Gasteiger partial charge in [0.05, 0.1) is 6.54 Å². The highest BCUT2D eigenvalue weighted by Crippen LogP contribution is 2.28. The van der Waals surface area contributed by atoms with Crippen LogP contribution in [0.3, 0.4) is 0 Å². The lowest BCUT2D eigenvalue weighted by atomic mass is 9.84. The summed E-state index contributed by atoms with van der Waals surface area (Å²) in [5.74, 6) is 0.702. The SMILES string of the molecule is CN(C)CCN1CC(=O)N[C@@H](CC2CCCCC2)C1=O. The largest absolute Gasteiger partial charge is 0.343 e. The summed E-state index contributed by atoms with van der Waals surface area (Å²) >= 11 is 0. The van der Waals surface area contributed by atoms with Crippen LogP contribution in [0.4, 0.5) is 0 Å². The summed E-state index contributed by atoms with van der Waals surface area (Å²) in [6, 6.07) is -0.290. The van der Waals surface area contributed by atoms with E-state index in [1.54, 1.807) is 4.90 Å². The number of nitrogens with one attached hydrogen (secondary N) is 1. The molecule has 0 bridgehead atoms. The molecule has 0 unspecified atom stereocenters. The van der Waals surface area contributed by atoms with E-state index in [0.29, 0.717) is 12.5 Å². The van der Waals surface area contributed by atoms with Gasteiger partial charge in [0.15, 0.2) is 0 Å². The Labute approximate surface area is 121 Å². The second-order valence-corrected chi connectivity index (χ2v) is 6.42. The molecule has 2 aliphatic rings. The fraction of sp³-hybridized carbons (Fsp3) is 0.867. The zero-order chi connectivity index (χ0) is 14.5. The number of hydrogen-bond donors (Lipinski definition) is 1. The van der Waals surface area contributed by atoms with E-state index in [-0.39, 0.29) is 24.4 Å². The predicted molar refractivity (Wildman–Crippen MR) is 78.3 cm³/mol. The van der Waals surface area contributed by atoms with Crippen LogP contribution in [0.2, 0.25) is 0 Å². The molecule has 1 aliphatic carbocycles. The summed E-state index contributed by atoms with van der Waals surface area (Å²) in [6.45, 7) is 1.66. The summed E-state index contributed by atoms with van der Waals surface area (Å²) in [4.78, 5) is 28.0. The van der Waals surface area contributed by atoms with Crippen molar-refractivity contribution in [1.29, 1.82) is 0 Å². The molecule has 1 atom stereocenters. The van der Waals surface area contributed by atoms with Gasteiger partial charge in [-0.15, -0.1) is 0 Å². The van der Waals surface area contributed by atoms with Crippen molar-refractivity contribution < 1.29 is 9.59 Å². The first-order valence-electron chi connectivity index (χ1n) is 7.79. The van der Waals surface area contributed by atoms with E-state index in [2.05, 4.69) is 5.32 Å². The number of amides is 2. The second-order valence-electron chi connectivity index (χ2n) is 6.42. The van der Waals surface area contributed by atoms with Crippen molar-refractivity contribution in [3.8, 4) is 0 Å². The van der Waals surface area contributed by atoms with Gasteiger partial charge in [-0.2, -0.15) is 0 Å². The van der Waals surface area contributed by atoms with Crippen LogP contribution in [0.5, 0.6) is 0 Å². The molecule has 2 fully saturated rings. The fourth-order valence-electron chi connectivity index (χ4n) is 3.20. The Hall–Kier alpha value is -1.10. The van der Waals surface area contributed by atoms with E-state index in [9.17, 15) is 9.59 Å². The molecule has 0 aromatic rings. The van der Waals surface area contributed by atoms with Gasteiger partial charge < -0.3 is 15.1 Å². The predicted octanol–water partition coefficient (Wildman–Crippen LogP) is 0.845. The molecule has 1 aliphatic heterocycles. The van der Waals surface area contributed by atoms with Crippen LogP contribution in [-0.2, 0) is 9.59 Å². The fourth-order valence-corrected chi connectivity index (χ4v) is 3.20. The second kappa shape index (κ2) is 7.07. The third-order valence-corrected chi connectivity index (χ3v) is 4.39. The van der Waals surface area contributed by atoms with Crippen molar-refractivity contribution in [1.82, 2.24) is 15.1 Å². The molecule has 5 nitrogen and oxygen atoms in total. The lowest BCUT2D eigenvalue weighted by Crippen LogP contribution is -2.59. The van der Waals surface area contributed by atoms with Crippen LogP contribution < -0.4 is 5.32 Å². The molecule has 1 saturated carbocycles. The Morgan fingerprint density at radius 1 is 1.20 bits per heavy atom. The molecule has 5 heteroatoms. The zero-order valence-electron chi connectivity index (χ0n) is 12.7. The first kappa shape index (κ1) is 15.3. The maximum absolute atomic E-state index is 12.4. The van der Waals surface area contributed by atoms with Crippen LogP contribution in [0.25, 0.3) is 0 Å². The number of nitrogens with zero attached hydrogens (tertiary/aromatic N) is 2. The first-order valence-corrected chi connectivity index (χ1v) is 7.79. The van der Waals surface area contributed by atoms with E-state index in [0.717, 1.165) is 13.0 Å². The first-order chi connectivity index (χ1) is 9.56. The molecule has 0 aromatic carbocycles. The molecule has 114 valence electrons. The van der Waals surface area contributed by atoms with Crippen LogP contribution >= 0.6 is 0 Å². The monoisotopic (exact) mass is 281 g/mol. The van der Waals surface area contributed by atoms with Gasteiger partial charge in [0.25, 0.3) is 0 Å². The minimum absolute atomic E-state index is 0.0100. The summed E-state index contributed by atoms with van der Waals surface area (Å²) < 4.78 is 0. The van der Waals surface area contributed by atoms with E-state index in [4.69, 9.17) is 0 Å². The van der Waals surface area contributed by atoms with Gasteiger partial charge in [-0.05, 0) is 26.4 Å². The third-order valence-electron chi connectivity index (χ3n) is 4.39. The molecule has 2 rings (SSSR count). The van der Waals surface area contributed by atoms with E-state index < -0.39 is 0 Å². The van der Waals surface area contributed by atoms with Crippen LogP contribution in [-0.4, -0.2) is 61.4 Å². The summed E-state index contributed by atoms with van der Waals surface area (Å²) in [7, 11) is 3.96. The van der Waals surface area contributed by atoms with E-state index in [1.165, 1.54) is 32.1 Å². The van der Waals surface area contributed by atoms with Crippen LogP contribution in [0.15, 0.2) is 0 Å².